The maximum atomic E-state index is 13.9. The average Bonchev–Trinajstić information content (AvgIpc) is 2.77. The molecule has 0 spiro atoms. The summed E-state index contributed by atoms with van der Waals surface area (Å²) in [4.78, 5) is 2.98. The molecule has 5 heteroatoms. The number of hydrogen-bond acceptors (Lipinski definition) is 1. The van der Waals surface area contributed by atoms with E-state index in [1.165, 1.54) is 18.2 Å². The zero-order valence-electron chi connectivity index (χ0n) is 9.41. The van der Waals surface area contributed by atoms with Crippen molar-refractivity contribution in [2.24, 2.45) is 0 Å². The molecule has 0 bridgehead atoms. The SMILES string of the molecule is Fc1cccc(F)c1[C@@]12C[C@@H]1c1c[nH]c(=S)n1C2. The fourth-order valence-electron chi connectivity index (χ4n) is 3.34. The maximum absolute atomic E-state index is 13.9. The number of nitrogens with zero attached hydrogens (tertiary/aromatic N) is 1. The highest BCUT2D eigenvalue weighted by molar-refractivity contribution is 7.71. The van der Waals surface area contributed by atoms with E-state index < -0.39 is 17.0 Å². The van der Waals surface area contributed by atoms with Crippen molar-refractivity contribution in [2.75, 3.05) is 0 Å². The summed E-state index contributed by atoms with van der Waals surface area (Å²) in [5.74, 6) is -0.701. The van der Waals surface area contributed by atoms with Crippen LogP contribution in [0, 0.1) is 16.4 Å². The first-order chi connectivity index (χ1) is 8.63. The Labute approximate surface area is 107 Å². The predicted molar refractivity (Wildman–Crippen MR) is 65.0 cm³/mol. The Kier molecular flexibility index (Phi) is 1.79. The Balaban J connectivity index is 1.89. The quantitative estimate of drug-likeness (QED) is 0.784. The minimum absolute atomic E-state index is 0.192. The molecule has 1 saturated carbocycles. The van der Waals surface area contributed by atoms with Gasteiger partial charge in [0.1, 0.15) is 11.6 Å². The molecule has 2 heterocycles. The molecule has 1 aromatic heterocycles. The van der Waals surface area contributed by atoms with Gasteiger partial charge in [0.05, 0.1) is 0 Å². The number of nitrogens with one attached hydrogen (secondary N) is 1. The molecule has 2 atom stereocenters. The van der Waals surface area contributed by atoms with E-state index in [0.717, 1.165) is 12.1 Å². The highest BCUT2D eigenvalue weighted by Gasteiger charge is 2.63. The molecule has 2 aliphatic rings. The van der Waals surface area contributed by atoms with E-state index in [-0.39, 0.29) is 11.5 Å². The molecule has 0 amide bonds. The van der Waals surface area contributed by atoms with Crippen molar-refractivity contribution in [2.45, 2.75) is 24.3 Å². The van der Waals surface area contributed by atoms with Crippen molar-refractivity contribution in [3.8, 4) is 0 Å². The van der Waals surface area contributed by atoms with E-state index in [2.05, 4.69) is 4.98 Å². The van der Waals surface area contributed by atoms with Crippen LogP contribution < -0.4 is 0 Å². The lowest BCUT2D eigenvalue weighted by molar-refractivity contribution is 0.487. The van der Waals surface area contributed by atoms with Crippen LogP contribution in [-0.4, -0.2) is 9.55 Å². The molecule has 0 radical (unpaired) electrons. The molecule has 18 heavy (non-hydrogen) atoms. The van der Waals surface area contributed by atoms with E-state index in [1.807, 2.05) is 10.8 Å². The molecular weight excluding hydrogens is 254 g/mol. The maximum Gasteiger partial charge on any atom is 0.177 e. The van der Waals surface area contributed by atoms with Crippen molar-refractivity contribution in [1.29, 1.82) is 0 Å². The fraction of sp³-hybridized carbons (Fsp3) is 0.308. The van der Waals surface area contributed by atoms with Crippen LogP contribution in [0.2, 0.25) is 0 Å². The Morgan fingerprint density at radius 3 is 2.72 bits per heavy atom. The van der Waals surface area contributed by atoms with Crippen LogP contribution >= 0.6 is 12.2 Å². The van der Waals surface area contributed by atoms with Crippen molar-refractivity contribution in [3.63, 3.8) is 0 Å². The van der Waals surface area contributed by atoms with Crippen molar-refractivity contribution < 1.29 is 8.78 Å². The Morgan fingerprint density at radius 1 is 1.33 bits per heavy atom. The zero-order chi connectivity index (χ0) is 12.5. The third kappa shape index (κ3) is 1.08. The largest absolute Gasteiger partial charge is 0.337 e. The summed E-state index contributed by atoms with van der Waals surface area (Å²) in [6.45, 7) is 0.577. The minimum Gasteiger partial charge on any atom is -0.337 e. The third-order valence-electron chi connectivity index (χ3n) is 4.23. The highest BCUT2D eigenvalue weighted by atomic mass is 32.1. The first-order valence-corrected chi connectivity index (χ1v) is 6.27. The van der Waals surface area contributed by atoms with Crippen LogP contribution in [-0.2, 0) is 12.0 Å². The van der Waals surface area contributed by atoms with Gasteiger partial charge in [0.2, 0.25) is 0 Å². The van der Waals surface area contributed by atoms with Gasteiger partial charge in [-0.3, -0.25) is 0 Å². The van der Waals surface area contributed by atoms with Crippen LogP contribution in [0.25, 0.3) is 0 Å². The van der Waals surface area contributed by atoms with E-state index >= 15 is 0 Å². The van der Waals surface area contributed by atoms with Gasteiger partial charge in [0.25, 0.3) is 0 Å². The molecule has 2 nitrogen and oxygen atoms in total. The second kappa shape index (κ2) is 3.09. The number of imidazole rings is 1. The number of halogens is 2. The first kappa shape index (κ1) is 10.4. The molecule has 4 rings (SSSR count). The van der Waals surface area contributed by atoms with Gasteiger partial charge in [-0.15, -0.1) is 0 Å². The van der Waals surface area contributed by atoms with Gasteiger partial charge in [0, 0.05) is 35.3 Å². The van der Waals surface area contributed by atoms with Crippen LogP contribution in [0.5, 0.6) is 0 Å². The van der Waals surface area contributed by atoms with E-state index in [1.54, 1.807) is 0 Å². The zero-order valence-corrected chi connectivity index (χ0v) is 10.2. The molecule has 1 aromatic carbocycles. The van der Waals surface area contributed by atoms with Crippen molar-refractivity contribution in [3.05, 3.63) is 52.1 Å². The van der Waals surface area contributed by atoms with Gasteiger partial charge in [-0.1, -0.05) is 6.07 Å². The number of H-pyrrole nitrogens is 1. The molecular formula is C13H10F2N2S. The molecule has 1 fully saturated rings. The predicted octanol–water partition coefficient (Wildman–Crippen LogP) is 3.26. The van der Waals surface area contributed by atoms with Gasteiger partial charge in [-0.25, -0.2) is 8.78 Å². The molecule has 2 aromatic rings. The second-order valence-electron chi connectivity index (χ2n) is 5.11. The topological polar surface area (TPSA) is 20.7 Å². The number of rotatable bonds is 1. The Morgan fingerprint density at radius 2 is 2.06 bits per heavy atom. The lowest BCUT2D eigenvalue weighted by atomic mass is 9.93. The highest BCUT2D eigenvalue weighted by Crippen LogP contribution is 2.66. The summed E-state index contributed by atoms with van der Waals surface area (Å²) in [5, 5.41) is 0. The molecule has 1 aliphatic carbocycles. The standard InChI is InChI=1S/C13H10F2N2S/c14-8-2-1-3-9(15)11(8)13-4-7(13)10-5-16-12(18)17(10)6-13/h1-3,5,7H,4,6H2,(H,16,18)/t7-,13-/m1/s1. The van der Waals surface area contributed by atoms with Crippen LogP contribution in [0.1, 0.15) is 23.6 Å². The molecule has 1 aliphatic heterocycles. The van der Waals surface area contributed by atoms with Gasteiger partial charge in [0.15, 0.2) is 4.77 Å². The average molecular weight is 264 g/mol. The monoisotopic (exact) mass is 264 g/mol. The van der Waals surface area contributed by atoms with Crippen LogP contribution in [0.4, 0.5) is 8.78 Å². The smallest absolute Gasteiger partial charge is 0.177 e. The first-order valence-electron chi connectivity index (χ1n) is 5.86. The van der Waals surface area contributed by atoms with Gasteiger partial charge >= 0.3 is 0 Å². The molecule has 0 saturated heterocycles. The number of aromatic amines is 1. The summed E-state index contributed by atoms with van der Waals surface area (Å²) in [5.41, 5.74) is 0.892. The van der Waals surface area contributed by atoms with Crippen molar-refractivity contribution >= 4 is 12.2 Å². The lowest BCUT2D eigenvalue weighted by Crippen LogP contribution is -2.16. The number of hydrogen-bond donors (Lipinski definition) is 1. The summed E-state index contributed by atoms with van der Waals surface area (Å²) < 4.78 is 30.4. The van der Waals surface area contributed by atoms with Gasteiger partial charge < -0.3 is 9.55 Å². The molecule has 0 unspecified atom stereocenters. The fourth-order valence-corrected chi connectivity index (χ4v) is 3.57. The summed E-state index contributed by atoms with van der Waals surface area (Å²) >= 11 is 5.17. The lowest BCUT2D eigenvalue weighted by Gasteiger charge is -2.15. The summed E-state index contributed by atoms with van der Waals surface area (Å²) in [6, 6.07) is 4.07. The summed E-state index contributed by atoms with van der Waals surface area (Å²) in [6.07, 6.45) is 2.66. The van der Waals surface area contributed by atoms with E-state index in [0.29, 0.717) is 11.3 Å². The van der Waals surface area contributed by atoms with Crippen LogP contribution in [0.3, 0.4) is 0 Å². The third-order valence-corrected chi connectivity index (χ3v) is 4.57. The van der Waals surface area contributed by atoms with E-state index in [9.17, 15) is 8.78 Å². The molecule has 92 valence electrons. The summed E-state index contributed by atoms with van der Waals surface area (Å²) in [7, 11) is 0. The molecule has 1 N–H and O–H groups in total. The van der Waals surface area contributed by atoms with Gasteiger partial charge in [-0.05, 0) is 30.8 Å². The van der Waals surface area contributed by atoms with Crippen LogP contribution in [0.15, 0.2) is 24.4 Å². The Bertz CT molecular complexity index is 698. The normalized spacial score (nSPS) is 28.0. The van der Waals surface area contributed by atoms with Crippen molar-refractivity contribution in [1.82, 2.24) is 9.55 Å². The number of benzene rings is 1. The minimum atomic E-state index is -0.446. The number of aromatic nitrogens is 2. The van der Waals surface area contributed by atoms with E-state index in [4.69, 9.17) is 12.2 Å². The second-order valence-corrected chi connectivity index (χ2v) is 5.50. The Hall–Kier alpha value is -1.49. The van der Waals surface area contributed by atoms with Gasteiger partial charge in [-0.2, -0.15) is 0 Å². The number of fused-ring (bicyclic) bond motifs is 3.